The number of carbonyl (C=O) groups is 1. The Kier molecular flexibility index (Phi) is 6.64. The first-order valence-corrected chi connectivity index (χ1v) is 11.4. The van der Waals surface area contributed by atoms with Crippen LogP contribution in [-0.2, 0) is 14.8 Å². The van der Waals surface area contributed by atoms with Gasteiger partial charge in [-0.3, -0.25) is 4.79 Å². The molecule has 0 aromatic heterocycles. The molecule has 2 aromatic carbocycles. The van der Waals surface area contributed by atoms with Crippen molar-refractivity contribution < 1.29 is 17.9 Å². The predicted octanol–water partition coefficient (Wildman–Crippen LogP) is 3.60. The minimum atomic E-state index is -3.57. The number of sulfonamides is 1. The Labute approximate surface area is 170 Å². The van der Waals surface area contributed by atoms with E-state index in [1.54, 1.807) is 6.07 Å². The number of methoxy groups -OCH3 is 1. The molecule has 1 aliphatic rings. The molecule has 0 bridgehead atoms. The molecular weight excluding hydrogens is 396 g/mol. The average molecular weight is 421 g/mol. The van der Waals surface area contributed by atoms with Crippen LogP contribution in [0.2, 0.25) is 0 Å². The summed E-state index contributed by atoms with van der Waals surface area (Å²) < 4.78 is 32.4. The lowest BCUT2D eigenvalue weighted by atomic mass is 10.3. The van der Waals surface area contributed by atoms with Crippen molar-refractivity contribution in [1.82, 2.24) is 4.31 Å². The maximum atomic E-state index is 12.8. The number of amides is 1. The minimum absolute atomic E-state index is 0.161. The summed E-state index contributed by atoms with van der Waals surface area (Å²) >= 11 is 1.44. The lowest BCUT2D eigenvalue weighted by Crippen LogP contribution is -2.28. The van der Waals surface area contributed by atoms with Crippen LogP contribution in [0.1, 0.15) is 19.8 Å². The van der Waals surface area contributed by atoms with Crippen molar-refractivity contribution in [1.29, 1.82) is 0 Å². The van der Waals surface area contributed by atoms with E-state index >= 15 is 0 Å². The summed E-state index contributed by atoms with van der Waals surface area (Å²) in [6.45, 7) is 2.87. The third kappa shape index (κ3) is 4.68. The van der Waals surface area contributed by atoms with Crippen LogP contribution in [0.3, 0.4) is 0 Å². The summed E-state index contributed by atoms with van der Waals surface area (Å²) in [4.78, 5) is 13.8. The van der Waals surface area contributed by atoms with Crippen molar-refractivity contribution in [2.45, 2.75) is 34.8 Å². The molecule has 1 atom stereocenters. The van der Waals surface area contributed by atoms with E-state index in [0.29, 0.717) is 24.5 Å². The lowest BCUT2D eigenvalue weighted by Gasteiger charge is -2.18. The second kappa shape index (κ2) is 8.98. The first kappa shape index (κ1) is 20.7. The molecule has 0 unspecified atom stereocenters. The highest BCUT2D eigenvalue weighted by molar-refractivity contribution is 8.00. The number of hydrogen-bond acceptors (Lipinski definition) is 5. The van der Waals surface area contributed by atoms with Gasteiger partial charge in [0.1, 0.15) is 5.75 Å². The van der Waals surface area contributed by atoms with E-state index in [0.717, 1.165) is 17.7 Å². The maximum absolute atomic E-state index is 12.8. The van der Waals surface area contributed by atoms with Crippen molar-refractivity contribution in [3.63, 3.8) is 0 Å². The van der Waals surface area contributed by atoms with Crippen LogP contribution in [0.15, 0.2) is 58.3 Å². The molecule has 1 saturated heterocycles. The van der Waals surface area contributed by atoms with E-state index in [1.807, 2.05) is 37.3 Å². The highest BCUT2D eigenvalue weighted by Gasteiger charge is 2.28. The Morgan fingerprint density at radius 1 is 1.14 bits per heavy atom. The monoisotopic (exact) mass is 420 g/mol. The van der Waals surface area contributed by atoms with Crippen LogP contribution in [0.25, 0.3) is 0 Å². The number of rotatable bonds is 7. The fourth-order valence-corrected chi connectivity index (χ4v) is 5.45. The Morgan fingerprint density at radius 3 is 2.46 bits per heavy atom. The third-order valence-corrected chi connectivity index (χ3v) is 7.56. The van der Waals surface area contributed by atoms with Gasteiger partial charge in [0.15, 0.2) is 0 Å². The average Bonchev–Trinajstić information content (AvgIpc) is 3.24. The lowest BCUT2D eigenvalue weighted by molar-refractivity contribution is -0.115. The van der Waals surface area contributed by atoms with Gasteiger partial charge in [-0.15, -0.1) is 11.8 Å². The zero-order valence-corrected chi connectivity index (χ0v) is 17.6. The number of ether oxygens (including phenoxy) is 1. The van der Waals surface area contributed by atoms with Crippen molar-refractivity contribution in [3.8, 4) is 5.75 Å². The molecule has 8 heteroatoms. The number of nitrogens with one attached hydrogen (secondary N) is 1. The van der Waals surface area contributed by atoms with Crippen molar-refractivity contribution in [2.75, 3.05) is 25.5 Å². The number of hydrogen-bond donors (Lipinski definition) is 1. The van der Waals surface area contributed by atoms with E-state index in [9.17, 15) is 13.2 Å². The Morgan fingerprint density at radius 2 is 1.82 bits per heavy atom. The topological polar surface area (TPSA) is 75.7 Å². The van der Waals surface area contributed by atoms with Gasteiger partial charge in [-0.2, -0.15) is 4.31 Å². The number of nitrogens with zero attached hydrogens (tertiary/aromatic N) is 1. The third-order valence-electron chi connectivity index (χ3n) is 4.56. The second-order valence-corrected chi connectivity index (χ2v) is 9.89. The fraction of sp³-hybridized carbons (Fsp3) is 0.350. The van der Waals surface area contributed by atoms with Gasteiger partial charge in [-0.05, 0) is 50.1 Å². The number of carbonyl (C=O) groups excluding carboxylic acids is 1. The molecule has 0 radical (unpaired) electrons. The van der Waals surface area contributed by atoms with Gasteiger partial charge < -0.3 is 10.1 Å². The fourth-order valence-electron chi connectivity index (χ4n) is 3.01. The molecule has 0 aliphatic carbocycles. The molecule has 1 heterocycles. The molecule has 1 aliphatic heterocycles. The largest absolute Gasteiger partial charge is 0.495 e. The van der Waals surface area contributed by atoms with Crippen LogP contribution < -0.4 is 10.1 Å². The standard InChI is InChI=1S/C20H24N2O4S2/c1-15(27-16-8-4-3-5-9-16)20(23)21-18-14-17(10-11-19(18)26-2)28(24,25)22-12-6-7-13-22/h3-5,8-11,14-15H,6-7,12-13H2,1-2H3,(H,21,23)/t15-/m0/s1. The summed E-state index contributed by atoms with van der Waals surface area (Å²) in [6.07, 6.45) is 1.74. The van der Waals surface area contributed by atoms with E-state index in [2.05, 4.69) is 5.32 Å². The minimum Gasteiger partial charge on any atom is -0.495 e. The van der Waals surface area contributed by atoms with E-state index < -0.39 is 10.0 Å². The van der Waals surface area contributed by atoms with Crippen LogP contribution in [0.4, 0.5) is 5.69 Å². The van der Waals surface area contributed by atoms with Crippen LogP contribution in [-0.4, -0.2) is 44.1 Å². The van der Waals surface area contributed by atoms with Gasteiger partial charge in [0, 0.05) is 18.0 Å². The Hall–Kier alpha value is -2.03. The first-order valence-electron chi connectivity index (χ1n) is 9.12. The first-order chi connectivity index (χ1) is 13.4. The molecule has 1 N–H and O–H groups in total. The van der Waals surface area contributed by atoms with Gasteiger partial charge in [-0.25, -0.2) is 8.42 Å². The predicted molar refractivity (Wildman–Crippen MR) is 111 cm³/mol. The zero-order chi connectivity index (χ0) is 20.1. The summed E-state index contributed by atoms with van der Waals surface area (Å²) in [6, 6.07) is 14.2. The summed E-state index contributed by atoms with van der Waals surface area (Å²) in [5.74, 6) is 0.202. The summed E-state index contributed by atoms with van der Waals surface area (Å²) in [5, 5.41) is 2.46. The smallest absolute Gasteiger partial charge is 0.243 e. The highest BCUT2D eigenvalue weighted by Crippen LogP contribution is 2.31. The molecule has 0 saturated carbocycles. The van der Waals surface area contributed by atoms with Gasteiger partial charge in [0.2, 0.25) is 15.9 Å². The highest BCUT2D eigenvalue weighted by atomic mass is 32.2. The number of anilines is 1. The Bertz CT molecular complexity index is 926. The van der Waals surface area contributed by atoms with E-state index in [-0.39, 0.29) is 16.1 Å². The molecule has 0 spiro atoms. The normalized spacial score (nSPS) is 15.9. The molecule has 2 aromatic rings. The van der Waals surface area contributed by atoms with Crippen LogP contribution >= 0.6 is 11.8 Å². The summed E-state index contributed by atoms with van der Waals surface area (Å²) in [7, 11) is -2.08. The Balaban J connectivity index is 1.79. The van der Waals surface area contributed by atoms with E-state index in [1.165, 1.54) is 35.3 Å². The van der Waals surface area contributed by atoms with E-state index in [4.69, 9.17) is 4.74 Å². The molecule has 6 nitrogen and oxygen atoms in total. The molecule has 3 rings (SSSR count). The van der Waals surface area contributed by atoms with Crippen molar-refractivity contribution in [2.24, 2.45) is 0 Å². The molecular formula is C20H24N2O4S2. The van der Waals surface area contributed by atoms with Crippen molar-refractivity contribution >= 4 is 33.4 Å². The quantitative estimate of drug-likeness (QED) is 0.693. The number of thioether (sulfide) groups is 1. The molecule has 150 valence electrons. The van der Waals surface area contributed by atoms with Gasteiger partial charge in [-0.1, -0.05) is 18.2 Å². The maximum Gasteiger partial charge on any atom is 0.243 e. The van der Waals surface area contributed by atoms with Gasteiger partial charge in [0.25, 0.3) is 0 Å². The van der Waals surface area contributed by atoms with Gasteiger partial charge in [0.05, 0.1) is 22.9 Å². The van der Waals surface area contributed by atoms with Gasteiger partial charge >= 0.3 is 0 Å². The van der Waals surface area contributed by atoms with Crippen LogP contribution in [0, 0.1) is 0 Å². The SMILES string of the molecule is COc1ccc(S(=O)(=O)N2CCCC2)cc1NC(=O)[C@H](C)Sc1ccccc1. The molecule has 1 fully saturated rings. The van der Waals surface area contributed by atoms with Crippen molar-refractivity contribution in [3.05, 3.63) is 48.5 Å². The number of benzene rings is 2. The van der Waals surface area contributed by atoms with Crippen LogP contribution in [0.5, 0.6) is 5.75 Å². The second-order valence-electron chi connectivity index (χ2n) is 6.54. The summed E-state index contributed by atoms with van der Waals surface area (Å²) in [5.41, 5.74) is 0.355. The molecule has 1 amide bonds. The molecule has 28 heavy (non-hydrogen) atoms. The zero-order valence-electron chi connectivity index (χ0n) is 15.9.